The number of carbonyl (C=O) groups is 1. The van der Waals surface area contributed by atoms with Gasteiger partial charge in [-0.15, -0.1) is 11.3 Å². The number of thiophene rings is 1. The summed E-state index contributed by atoms with van der Waals surface area (Å²) >= 11 is 1.79. The van der Waals surface area contributed by atoms with E-state index in [1.165, 1.54) is 9.75 Å². The van der Waals surface area contributed by atoms with E-state index in [1.807, 2.05) is 30.3 Å². The van der Waals surface area contributed by atoms with Crippen molar-refractivity contribution in [1.29, 1.82) is 0 Å². The van der Waals surface area contributed by atoms with Crippen molar-refractivity contribution in [3.63, 3.8) is 0 Å². The van der Waals surface area contributed by atoms with E-state index in [9.17, 15) is 9.90 Å². The molecule has 4 heteroatoms. The van der Waals surface area contributed by atoms with Crippen LogP contribution in [0.3, 0.4) is 0 Å². The third-order valence-corrected chi connectivity index (χ3v) is 5.29. The van der Waals surface area contributed by atoms with Gasteiger partial charge >= 0.3 is 0 Å². The molecule has 1 aromatic heterocycles. The molecule has 0 radical (unpaired) electrons. The van der Waals surface area contributed by atoms with Gasteiger partial charge < -0.3 is 10.4 Å². The number of aryl methyl sites for hydroxylation is 1. The Morgan fingerprint density at radius 2 is 2.09 bits per heavy atom. The Balaban J connectivity index is 1.42. The molecule has 3 atom stereocenters. The van der Waals surface area contributed by atoms with Crippen LogP contribution >= 0.6 is 11.3 Å². The first kappa shape index (κ1) is 15.3. The quantitative estimate of drug-likeness (QED) is 0.858. The summed E-state index contributed by atoms with van der Waals surface area (Å²) in [5, 5.41) is 13.0. The van der Waals surface area contributed by atoms with Crippen LogP contribution in [-0.2, 0) is 4.79 Å². The van der Waals surface area contributed by atoms with Gasteiger partial charge in [0, 0.05) is 28.1 Å². The maximum Gasteiger partial charge on any atom is 0.223 e. The van der Waals surface area contributed by atoms with Crippen molar-refractivity contribution in [2.45, 2.75) is 31.8 Å². The molecule has 1 heterocycles. The van der Waals surface area contributed by atoms with Crippen molar-refractivity contribution < 1.29 is 9.90 Å². The predicted octanol–water partition coefficient (Wildman–Crippen LogP) is 3.40. The summed E-state index contributed by atoms with van der Waals surface area (Å²) in [7, 11) is 0. The zero-order valence-corrected chi connectivity index (χ0v) is 13.5. The molecule has 1 fully saturated rings. The first-order valence-electron chi connectivity index (χ1n) is 7.72. The molecule has 0 aliphatic heterocycles. The van der Waals surface area contributed by atoms with Crippen LogP contribution in [0.2, 0.25) is 0 Å². The minimum atomic E-state index is -0.517. The van der Waals surface area contributed by atoms with E-state index >= 15 is 0 Å². The standard InChI is InChI=1S/C18H21NO2S/c1-12-7-8-17(22-12)14-11-15(14)18(21)19-10-9-16(20)13-5-3-2-4-6-13/h2-8,14-16,20H,9-11H2,1H3,(H,19,21). The number of rotatable bonds is 6. The van der Waals surface area contributed by atoms with Gasteiger partial charge in [-0.2, -0.15) is 0 Å². The van der Waals surface area contributed by atoms with E-state index in [4.69, 9.17) is 0 Å². The van der Waals surface area contributed by atoms with E-state index in [2.05, 4.69) is 24.4 Å². The third-order valence-electron chi connectivity index (χ3n) is 4.16. The zero-order valence-electron chi connectivity index (χ0n) is 12.7. The van der Waals surface area contributed by atoms with Crippen LogP contribution in [0.15, 0.2) is 42.5 Å². The number of amides is 1. The molecular formula is C18H21NO2S. The number of carbonyl (C=O) groups excluding carboxylic acids is 1. The average Bonchev–Trinajstić information content (AvgIpc) is 3.22. The van der Waals surface area contributed by atoms with Gasteiger partial charge in [-0.1, -0.05) is 30.3 Å². The Hall–Kier alpha value is -1.65. The molecule has 3 nitrogen and oxygen atoms in total. The second-order valence-corrected chi connectivity index (χ2v) is 7.22. The van der Waals surface area contributed by atoms with Gasteiger partial charge in [0.1, 0.15) is 0 Å². The summed E-state index contributed by atoms with van der Waals surface area (Å²) < 4.78 is 0. The van der Waals surface area contributed by atoms with E-state index in [0.29, 0.717) is 18.9 Å². The SMILES string of the molecule is Cc1ccc(C2CC2C(=O)NCCC(O)c2ccccc2)s1. The fourth-order valence-corrected chi connectivity index (χ4v) is 3.81. The summed E-state index contributed by atoms with van der Waals surface area (Å²) in [6, 6.07) is 13.8. The number of aliphatic hydroxyl groups excluding tert-OH is 1. The molecule has 1 amide bonds. The van der Waals surface area contributed by atoms with Crippen molar-refractivity contribution >= 4 is 17.2 Å². The summed E-state index contributed by atoms with van der Waals surface area (Å²) in [5.74, 6) is 0.640. The van der Waals surface area contributed by atoms with E-state index in [-0.39, 0.29) is 11.8 Å². The lowest BCUT2D eigenvalue weighted by Gasteiger charge is -2.11. The Morgan fingerprint density at radius 1 is 1.32 bits per heavy atom. The molecule has 116 valence electrons. The first-order chi connectivity index (χ1) is 10.6. The Labute approximate surface area is 135 Å². The Morgan fingerprint density at radius 3 is 2.77 bits per heavy atom. The lowest BCUT2D eigenvalue weighted by atomic mass is 10.1. The fourth-order valence-electron chi connectivity index (χ4n) is 2.76. The maximum atomic E-state index is 12.1. The van der Waals surface area contributed by atoms with Crippen LogP contribution in [-0.4, -0.2) is 17.6 Å². The maximum absolute atomic E-state index is 12.1. The smallest absolute Gasteiger partial charge is 0.223 e. The molecule has 3 unspecified atom stereocenters. The molecule has 0 saturated heterocycles. The van der Waals surface area contributed by atoms with E-state index in [0.717, 1.165) is 12.0 Å². The van der Waals surface area contributed by atoms with Gasteiger partial charge in [0.25, 0.3) is 0 Å². The normalized spacial score (nSPS) is 21.4. The molecule has 22 heavy (non-hydrogen) atoms. The molecule has 0 bridgehead atoms. The second-order valence-electron chi connectivity index (χ2n) is 5.90. The van der Waals surface area contributed by atoms with Gasteiger partial charge in [0.2, 0.25) is 5.91 Å². The zero-order chi connectivity index (χ0) is 15.5. The monoisotopic (exact) mass is 315 g/mol. The number of nitrogens with one attached hydrogen (secondary N) is 1. The van der Waals surface area contributed by atoms with Crippen LogP contribution < -0.4 is 5.32 Å². The largest absolute Gasteiger partial charge is 0.388 e. The van der Waals surface area contributed by atoms with E-state index in [1.54, 1.807) is 11.3 Å². The van der Waals surface area contributed by atoms with Crippen LogP contribution in [0, 0.1) is 12.8 Å². The molecule has 3 rings (SSSR count). The molecule has 1 aliphatic carbocycles. The third kappa shape index (κ3) is 3.57. The summed E-state index contributed by atoms with van der Waals surface area (Å²) in [4.78, 5) is 14.7. The van der Waals surface area contributed by atoms with Crippen molar-refractivity contribution in [3.8, 4) is 0 Å². The van der Waals surface area contributed by atoms with Gasteiger partial charge in [-0.3, -0.25) is 4.79 Å². The number of benzene rings is 1. The van der Waals surface area contributed by atoms with Gasteiger partial charge in [0.05, 0.1) is 6.10 Å². The van der Waals surface area contributed by atoms with E-state index < -0.39 is 6.10 Å². The van der Waals surface area contributed by atoms with Crippen molar-refractivity contribution in [1.82, 2.24) is 5.32 Å². The minimum Gasteiger partial charge on any atom is -0.388 e. The van der Waals surface area contributed by atoms with Crippen molar-refractivity contribution in [2.75, 3.05) is 6.54 Å². The molecule has 1 aliphatic rings. The molecule has 1 saturated carbocycles. The van der Waals surface area contributed by atoms with Gasteiger partial charge in [0.15, 0.2) is 0 Å². The molecule has 2 N–H and O–H groups in total. The molecular weight excluding hydrogens is 294 g/mol. The Bertz CT molecular complexity index is 638. The summed E-state index contributed by atoms with van der Waals surface area (Å²) in [6.07, 6.45) is 0.981. The predicted molar refractivity (Wildman–Crippen MR) is 88.9 cm³/mol. The first-order valence-corrected chi connectivity index (χ1v) is 8.54. The Kier molecular flexibility index (Phi) is 4.60. The number of aliphatic hydroxyl groups is 1. The summed E-state index contributed by atoms with van der Waals surface area (Å²) in [5.41, 5.74) is 0.898. The fraction of sp³-hybridized carbons (Fsp3) is 0.389. The second kappa shape index (κ2) is 6.63. The lowest BCUT2D eigenvalue weighted by Crippen LogP contribution is -2.27. The van der Waals surface area contributed by atoms with Crippen molar-refractivity contribution in [3.05, 3.63) is 57.8 Å². The lowest BCUT2D eigenvalue weighted by molar-refractivity contribution is -0.122. The van der Waals surface area contributed by atoms with Gasteiger partial charge in [-0.05, 0) is 37.5 Å². The van der Waals surface area contributed by atoms with Crippen LogP contribution in [0.5, 0.6) is 0 Å². The minimum absolute atomic E-state index is 0.118. The van der Waals surface area contributed by atoms with Crippen LogP contribution in [0.4, 0.5) is 0 Å². The highest BCUT2D eigenvalue weighted by Crippen LogP contribution is 2.49. The number of hydrogen-bond donors (Lipinski definition) is 2. The highest BCUT2D eigenvalue weighted by atomic mass is 32.1. The molecule has 2 aromatic rings. The molecule has 1 aromatic carbocycles. The van der Waals surface area contributed by atoms with Gasteiger partial charge in [-0.25, -0.2) is 0 Å². The highest BCUT2D eigenvalue weighted by Gasteiger charge is 2.44. The van der Waals surface area contributed by atoms with Crippen LogP contribution in [0.25, 0.3) is 0 Å². The highest BCUT2D eigenvalue weighted by molar-refractivity contribution is 7.12. The average molecular weight is 315 g/mol. The summed E-state index contributed by atoms with van der Waals surface area (Å²) in [6.45, 7) is 2.61. The topological polar surface area (TPSA) is 49.3 Å². The molecule has 0 spiro atoms. The number of hydrogen-bond acceptors (Lipinski definition) is 3. The van der Waals surface area contributed by atoms with Crippen molar-refractivity contribution in [2.24, 2.45) is 5.92 Å². The van der Waals surface area contributed by atoms with Crippen LogP contribution in [0.1, 0.15) is 40.2 Å².